The molecule has 0 saturated heterocycles. The Hall–Kier alpha value is -2.27. The molecule has 0 aliphatic carbocycles. The first-order chi connectivity index (χ1) is 5.20. The molecular weight excluding hydrogens is 373 g/mol. The van der Waals surface area contributed by atoms with Crippen molar-refractivity contribution in [1.29, 1.82) is 0 Å². The normalized spacial score (nSPS) is 3.13. The summed E-state index contributed by atoms with van der Waals surface area (Å²) in [5.41, 5.74) is 0. The minimum Gasteiger partial charge on any atom is -0.412 e. The van der Waals surface area contributed by atoms with Crippen LogP contribution in [0.4, 0.5) is 0 Å². The topological polar surface area (TPSA) is 514 Å². The summed E-state index contributed by atoms with van der Waals surface area (Å²) in [4.78, 5) is 24.8. The van der Waals surface area contributed by atoms with Gasteiger partial charge >= 0.3 is 17.4 Å². The third kappa shape index (κ3) is 1210. The third-order valence-electron chi connectivity index (χ3n) is 0. The fraction of sp³-hybridized carbons (Fsp3) is 0. The fourth-order valence-electron chi connectivity index (χ4n) is 0. The maximum atomic E-state index is 8.25. The van der Waals surface area contributed by atoms with Crippen molar-refractivity contribution < 1.29 is 70.0 Å². The van der Waals surface area contributed by atoms with Crippen LogP contribution in [0.1, 0.15) is 0 Å². The average molecular weight is 393 g/mol. The van der Waals surface area contributed by atoms with E-state index in [1.54, 1.807) is 0 Å². The van der Waals surface area contributed by atoms with Crippen molar-refractivity contribution in [3.05, 3.63) is 46.0 Å². The molecule has 152 valence electrons. The minimum absolute atomic E-state index is 0. The van der Waals surface area contributed by atoms with Crippen LogP contribution in [0.25, 0.3) is 0 Å². The second-order valence-electron chi connectivity index (χ2n) is 0.671. The Morgan fingerprint density at radius 1 is 0.348 bits per heavy atom. The predicted molar refractivity (Wildman–Crippen MR) is 73.0 cm³/mol. The van der Waals surface area contributed by atoms with Crippen LogP contribution in [0.3, 0.4) is 0 Å². The van der Waals surface area contributed by atoms with Crippen LogP contribution >= 0.6 is 0 Å². The van der Waals surface area contributed by atoms with Crippen LogP contribution in [0.2, 0.25) is 0 Å². The average Bonchev–Trinajstić information content (AvgIpc) is 1.54. The number of hydrogen-bond donors (Lipinski definition) is 0. The van der Waals surface area contributed by atoms with Crippen molar-refractivity contribution in [3.8, 4) is 0 Å². The molecule has 0 unspecified atom stereocenters. The second kappa shape index (κ2) is 153. The summed E-state index contributed by atoms with van der Waals surface area (Å²) in [7, 11) is 0. The van der Waals surface area contributed by atoms with Gasteiger partial charge in [0, 0.05) is 0 Å². The maximum absolute atomic E-state index is 8.25. The number of nitrogens with zero attached hydrogens (tertiary/aromatic N) is 3. The van der Waals surface area contributed by atoms with E-state index in [0.717, 1.165) is 0 Å². The van der Waals surface area contributed by atoms with E-state index in [0.29, 0.717) is 0 Å². The summed E-state index contributed by atoms with van der Waals surface area (Å²) in [5, 5.41) is 44.2. The van der Waals surface area contributed by atoms with Gasteiger partial charge in [-0.15, -0.1) is 0 Å². The summed E-state index contributed by atoms with van der Waals surface area (Å²) in [5.74, 6) is 0. The summed E-state index contributed by atoms with van der Waals surface area (Å²) >= 11 is 0. The van der Waals surface area contributed by atoms with Crippen molar-refractivity contribution in [1.82, 2.24) is 0 Å². The molecule has 0 bridgehead atoms. The molecule has 0 saturated carbocycles. The Morgan fingerprint density at radius 3 is 0.348 bits per heavy atom. The molecule has 22 nitrogen and oxygen atoms in total. The zero-order valence-corrected chi connectivity index (χ0v) is 11.7. The first-order valence-electron chi connectivity index (χ1n) is 1.64. The van der Waals surface area contributed by atoms with Crippen molar-refractivity contribution >= 4 is 17.4 Å². The first-order valence-corrected chi connectivity index (χ1v) is 1.64. The molecule has 0 aliphatic rings. The van der Waals surface area contributed by atoms with Crippen LogP contribution in [0.15, 0.2) is 0 Å². The first kappa shape index (κ1) is 178. The Balaban J connectivity index is -0.00000000355. The van der Waals surface area contributed by atoms with E-state index in [1.807, 2.05) is 0 Å². The van der Waals surface area contributed by atoms with Crippen molar-refractivity contribution in [2.24, 2.45) is 0 Å². The van der Waals surface area contributed by atoms with Gasteiger partial charge in [0.25, 0.3) is 0 Å². The number of rotatable bonds is 0. The molecule has 0 heterocycles. The quantitative estimate of drug-likeness (QED) is 0.213. The summed E-state index contributed by atoms with van der Waals surface area (Å²) in [6, 6.07) is 0. The SMILES string of the molecule is O.O.O.O.O.O.O.O.O.O.O=[N+]([O-])[O-].O=[N+]([O-])[O-].O=[N+]([O-])[O-].[Al+3]. The van der Waals surface area contributed by atoms with Gasteiger partial charge in [0.2, 0.25) is 0 Å². The molecule has 0 aromatic rings. The molecule has 0 radical (unpaired) electrons. The predicted octanol–water partition coefficient (Wildman–Crippen LogP) is -9.35. The van der Waals surface area contributed by atoms with Crippen LogP contribution in [0, 0.1) is 46.0 Å². The molecule has 0 spiro atoms. The van der Waals surface area contributed by atoms with Crippen molar-refractivity contribution in [2.75, 3.05) is 0 Å². The van der Waals surface area contributed by atoms with Gasteiger partial charge in [0.1, 0.15) is 0 Å². The third-order valence-corrected chi connectivity index (χ3v) is 0. The van der Waals surface area contributed by atoms with Crippen LogP contribution in [-0.2, 0) is 0 Å². The van der Waals surface area contributed by atoms with E-state index in [9.17, 15) is 0 Å². The summed E-state index contributed by atoms with van der Waals surface area (Å²) in [6.07, 6.45) is 0. The van der Waals surface area contributed by atoms with Gasteiger partial charge in [0.05, 0.1) is 15.3 Å². The molecule has 0 fully saturated rings. The van der Waals surface area contributed by atoms with Crippen LogP contribution in [0.5, 0.6) is 0 Å². The van der Waals surface area contributed by atoms with E-state index in [1.165, 1.54) is 0 Å². The van der Waals surface area contributed by atoms with Crippen molar-refractivity contribution in [3.63, 3.8) is 0 Å². The molecule has 0 aromatic heterocycles. The summed E-state index contributed by atoms with van der Waals surface area (Å²) in [6.45, 7) is 0. The minimum atomic E-state index is -1.75. The maximum Gasteiger partial charge on any atom is 3.00 e. The Labute approximate surface area is 134 Å². The molecule has 0 amide bonds. The van der Waals surface area contributed by atoms with Gasteiger partial charge in [-0.1, -0.05) is 0 Å². The standard InChI is InChI=1S/Al.3NO3.10H2O/c;3*2-1(3)4;;;;;;;;;;/h;;;;10*1H2/q+3;3*-1;;;;;;;;;;. The van der Waals surface area contributed by atoms with Gasteiger partial charge in [-0.05, 0) is 0 Å². The number of hydrogen-bond acceptors (Lipinski definition) is 9. The van der Waals surface area contributed by atoms with E-state index in [4.69, 9.17) is 46.0 Å². The van der Waals surface area contributed by atoms with E-state index in [2.05, 4.69) is 0 Å². The smallest absolute Gasteiger partial charge is 0.412 e. The molecular formula is H20AlN3O19. The second-order valence-corrected chi connectivity index (χ2v) is 0.671. The van der Waals surface area contributed by atoms with Gasteiger partial charge in [0.15, 0.2) is 0 Å². The fourth-order valence-corrected chi connectivity index (χ4v) is 0. The van der Waals surface area contributed by atoms with Crippen molar-refractivity contribution in [2.45, 2.75) is 0 Å². The monoisotopic (exact) mass is 393 g/mol. The van der Waals surface area contributed by atoms with Gasteiger partial charge < -0.3 is 101 Å². The molecule has 0 aromatic carbocycles. The van der Waals surface area contributed by atoms with E-state index >= 15 is 0 Å². The van der Waals surface area contributed by atoms with E-state index < -0.39 is 15.3 Å². The van der Waals surface area contributed by atoms with Gasteiger partial charge in [-0.2, -0.15) is 0 Å². The Bertz CT molecular complexity index is 116. The molecule has 0 atom stereocenters. The zero-order chi connectivity index (χ0) is 10.7. The molecule has 0 rings (SSSR count). The molecule has 23 heavy (non-hydrogen) atoms. The Morgan fingerprint density at radius 2 is 0.348 bits per heavy atom. The van der Waals surface area contributed by atoms with E-state index in [-0.39, 0.29) is 72.1 Å². The largest absolute Gasteiger partial charge is 3.00 e. The molecule has 23 heteroatoms. The molecule has 0 aliphatic heterocycles. The molecule has 20 N–H and O–H groups in total. The Kier molecular flexibility index (Phi) is 1180. The van der Waals surface area contributed by atoms with Gasteiger partial charge in [-0.3, -0.25) is 0 Å². The summed E-state index contributed by atoms with van der Waals surface area (Å²) < 4.78 is 0. The van der Waals surface area contributed by atoms with Crippen LogP contribution < -0.4 is 0 Å². The zero-order valence-electron chi connectivity index (χ0n) is 10.6. The van der Waals surface area contributed by atoms with Gasteiger partial charge in [-0.25, -0.2) is 0 Å². The van der Waals surface area contributed by atoms with Crippen LogP contribution in [-0.4, -0.2) is 87.4 Å².